The summed E-state index contributed by atoms with van der Waals surface area (Å²) in [5.74, 6) is 0.0501. The van der Waals surface area contributed by atoms with Gasteiger partial charge in [-0.3, -0.25) is 19.3 Å². The molecule has 160 valence electrons. The normalized spacial score (nSPS) is 14.7. The molecule has 1 aliphatic rings. The number of para-hydroxylation sites is 2. The molecule has 0 spiro atoms. The number of carbonyl (C=O) groups is 3. The SMILES string of the molecule is COc1ccccc1/C=C1\SC(=O)N(Cc2ccc(C(=O)Nc3ccccc3)cc2)C1=O. The second-order valence-corrected chi connectivity index (χ2v) is 8.02. The van der Waals surface area contributed by atoms with Gasteiger partial charge in [-0.2, -0.15) is 0 Å². The summed E-state index contributed by atoms with van der Waals surface area (Å²) in [5.41, 5.74) is 2.68. The van der Waals surface area contributed by atoms with Crippen molar-refractivity contribution >= 4 is 40.6 Å². The highest BCUT2D eigenvalue weighted by molar-refractivity contribution is 8.18. The smallest absolute Gasteiger partial charge is 0.293 e. The lowest BCUT2D eigenvalue weighted by Crippen LogP contribution is -2.27. The molecule has 0 unspecified atom stereocenters. The van der Waals surface area contributed by atoms with Crippen LogP contribution in [0.2, 0.25) is 0 Å². The van der Waals surface area contributed by atoms with E-state index in [9.17, 15) is 14.4 Å². The largest absolute Gasteiger partial charge is 0.496 e. The summed E-state index contributed by atoms with van der Waals surface area (Å²) in [6.45, 7) is 0.133. The molecule has 0 aromatic heterocycles. The first-order chi connectivity index (χ1) is 15.5. The van der Waals surface area contributed by atoms with E-state index in [1.165, 1.54) is 4.90 Å². The Morgan fingerprint density at radius 1 is 0.969 bits per heavy atom. The maximum Gasteiger partial charge on any atom is 0.293 e. The van der Waals surface area contributed by atoms with E-state index in [0.29, 0.717) is 21.9 Å². The molecule has 1 N–H and O–H groups in total. The number of anilines is 1. The minimum absolute atomic E-state index is 0.133. The number of ether oxygens (including phenoxy) is 1. The van der Waals surface area contributed by atoms with Gasteiger partial charge in [0.25, 0.3) is 17.1 Å². The van der Waals surface area contributed by atoms with Crippen LogP contribution in [0.3, 0.4) is 0 Å². The Morgan fingerprint density at radius 3 is 2.38 bits per heavy atom. The van der Waals surface area contributed by atoms with Gasteiger partial charge in [-0.15, -0.1) is 0 Å². The van der Waals surface area contributed by atoms with E-state index in [1.807, 2.05) is 48.5 Å². The zero-order valence-electron chi connectivity index (χ0n) is 17.3. The summed E-state index contributed by atoms with van der Waals surface area (Å²) in [5, 5.41) is 2.49. The van der Waals surface area contributed by atoms with Crippen LogP contribution in [0.1, 0.15) is 21.5 Å². The van der Waals surface area contributed by atoms with Crippen molar-refractivity contribution in [2.24, 2.45) is 0 Å². The number of rotatable bonds is 6. The number of hydrogen-bond acceptors (Lipinski definition) is 5. The molecule has 3 aromatic rings. The lowest BCUT2D eigenvalue weighted by atomic mass is 10.1. The fourth-order valence-electron chi connectivity index (χ4n) is 3.23. The molecule has 3 aromatic carbocycles. The number of thioether (sulfide) groups is 1. The molecule has 0 atom stereocenters. The van der Waals surface area contributed by atoms with Gasteiger partial charge in [0.15, 0.2) is 0 Å². The molecule has 4 rings (SSSR count). The van der Waals surface area contributed by atoms with Crippen molar-refractivity contribution in [2.75, 3.05) is 12.4 Å². The summed E-state index contributed by atoms with van der Waals surface area (Å²) in [6.07, 6.45) is 1.67. The predicted octanol–water partition coefficient (Wildman–Crippen LogP) is 5.18. The summed E-state index contributed by atoms with van der Waals surface area (Å²) in [7, 11) is 1.56. The van der Waals surface area contributed by atoms with Crippen LogP contribution in [0.15, 0.2) is 83.8 Å². The zero-order chi connectivity index (χ0) is 22.5. The second kappa shape index (κ2) is 9.53. The van der Waals surface area contributed by atoms with Crippen LogP contribution in [0, 0.1) is 0 Å². The molecule has 7 heteroatoms. The average molecular weight is 445 g/mol. The number of methoxy groups -OCH3 is 1. The van der Waals surface area contributed by atoms with E-state index in [-0.39, 0.29) is 23.6 Å². The molecule has 0 aliphatic carbocycles. The number of benzene rings is 3. The Labute approximate surface area is 189 Å². The third-order valence-electron chi connectivity index (χ3n) is 4.89. The quantitative estimate of drug-likeness (QED) is 0.530. The molecule has 0 saturated carbocycles. The molecule has 1 aliphatic heterocycles. The fraction of sp³-hybridized carbons (Fsp3) is 0.0800. The van der Waals surface area contributed by atoms with E-state index in [2.05, 4.69) is 5.32 Å². The molecule has 0 bridgehead atoms. The third kappa shape index (κ3) is 4.73. The molecule has 3 amide bonds. The number of nitrogens with zero attached hydrogens (tertiary/aromatic N) is 1. The second-order valence-electron chi connectivity index (χ2n) is 7.03. The van der Waals surface area contributed by atoms with Crippen molar-refractivity contribution in [3.8, 4) is 5.75 Å². The van der Waals surface area contributed by atoms with Gasteiger partial charge in [0.05, 0.1) is 18.6 Å². The van der Waals surface area contributed by atoms with Crippen LogP contribution in [0.25, 0.3) is 6.08 Å². The van der Waals surface area contributed by atoms with Gasteiger partial charge >= 0.3 is 0 Å². The monoisotopic (exact) mass is 444 g/mol. The van der Waals surface area contributed by atoms with Gasteiger partial charge in [0.2, 0.25) is 0 Å². The van der Waals surface area contributed by atoms with E-state index in [4.69, 9.17) is 4.74 Å². The lowest BCUT2D eigenvalue weighted by molar-refractivity contribution is -0.123. The first kappa shape index (κ1) is 21.4. The fourth-order valence-corrected chi connectivity index (χ4v) is 4.06. The number of imide groups is 1. The molecular weight excluding hydrogens is 424 g/mol. The Kier molecular flexibility index (Phi) is 6.37. The molecule has 1 heterocycles. The van der Waals surface area contributed by atoms with Gasteiger partial charge in [0, 0.05) is 16.8 Å². The molecule has 1 saturated heterocycles. The van der Waals surface area contributed by atoms with Gasteiger partial charge in [0.1, 0.15) is 5.75 Å². The van der Waals surface area contributed by atoms with Crippen molar-refractivity contribution in [1.29, 1.82) is 0 Å². The van der Waals surface area contributed by atoms with E-state index in [0.717, 1.165) is 22.9 Å². The maximum absolute atomic E-state index is 12.8. The first-order valence-electron chi connectivity index (χ1n) is 9.89. The van der Waals surface area contributed by atoms with Crippen LogP contribution >= 0.6 is 11.8 Å². The van der Waals surface area contributed by atoms with Crippen molar-refractivity contribution < 1.29 is 19.1 Å². The zero-order valence-corrected chi connectivity index (χ0v) is 18.1. The van der Waals surface area contributed by atoms with Crippen LogP contribution in [0.5, 0.6) is 5.75 Å². The van der Waals surface area contributed by atoms with E-state index >= 15 is 0 Å². The average Bonchev–Trinajstić information content (AvgIpc) is 3.08. The minimum Gasteiger partial charge on any atom is -0.496 e. The molecule has 6 nitrogen and oxygen atoms in total. The summed E-state index contributed by atoms with van der Waals surface area (Å²) in [6, 6.07) is 23.3. The van der Waals surface area contributed by atoms with Crippen molar-refractivity contribution in [3.05, 3.63) is 100 Å². The van der Waals surface area contributed by atoms with Crippen molar-refractivity contribution in [1.82, 2.24) is 4.90 Å². The number of amides is 3. The predicted molar refractivity (Wildman–Crippen MR) is 125 cm³/mol. The summed E-state index contributed by atoms with van der Waals surface area (Å²) >= 11 is 0.903. The van der Waals surface area contributed by atoms with Gasteiger partial charge in [-0.25, -0.2) is 0 Å². The van der Waals surface area contributed by atoms with Gasteiger partial charge in [-0.1, -0.05) is 48.5 Å². The number of nitrogens with one attached hydrogen (secondary N) is 1. The maximum atomic E-state index is 12.8. The van der Waals surface area contributed by atoms with Crippen LogP contribution in [-0.4, -0.2) is 29.1 Å². The first-order valence-corrected chi connectivity index (χ1v) is 10.7. The lowest BCUT2D eigenvalue weighted by Gasteiger charge is -2.13. The Balaban J connectivity index is 1.45. The molecule has 0 radical (unpaired) electrons. The van der Waals surface area contributed by atoms with Crippen LogP contribution in [0.4, 0.5) is 10.5 Å². The highest BCUT2D eigenvalue weighted by atomic mass is 32.2. The van der Waals surface area contributed by atoms with Gasteiger partial charge < -0.3 is 10.1 Å². The van der Waals surface area contributed by atoms with Crippen molar-refractivity contribution in [3.63, 3.8) is 0 Å². The highest BCUT2D eigenvalue weighted by Crippen LogP contribution is 2.34. The molecular formula is C25H20N2O4S. The minimum atomic E-state index is -0.350. The Morgan fingerprint density at radius 2 is 1.66 bits per heavy atom. The van der Waals surface area contributed by atoms with E-state index < -0.39 is 0 Å². The highest BCUT2D eigenvalue weighted by Gasteiger charge is 2.35. The third-order valence-corrected chi connectivity index (χ3v) is 5.79. The van der Waals surface area contributed by atoms with Crippen LogP contribution < -0.4 is 10.1 Å². The number of carbonyl (C=O) groups excluding carboxylic acids is 3. The molecule has 32 heavy (non-hydrogen) atoms. The standard InChI is InChI=1S/C25H20N2O4S/c1-31-21-10-6-5-7-19(21)15-22-24(29)27(25(30)32-22)16-17-11-13-18(14-12-17)23(28)26-20-8-3-2-4-9-20/h2-15H,16H2,1H3,(H,26,28)/b22-15-. The van der Waals surface area contributed by atoms with Crippen molar-refractivity contribution in [2.45, 2.75) is 6.54 Å². The Bertz CT molecular complexity index is 1190. The van der Waals surface area contributed by atoms with Gasteiger partial charge in [-0.05, 0) is 53.7 Å². The molecule has 1 fully saturated rings. The Hall–Kier alpha value is -3.84. The van der Waals surface area contributed by atoms with E-state index in [1.54, 1.807) is 43.5 Å². The summed E-state index contributed by atoms with van der Waals surface area (Å²) in [4.78, 5) is 39.2. The summed E-state index contributed by atoms with van der Waals surface area (Å²) < 4.78 is 5.31. The van der Waals surface area contributed by atoms with Crippen LogP contribution in [-0.2, 0) is 11.3 Å². The number of hydrogen-bond donors (Lipinski definition) is 1. The topological polar surface area (TPSA) is 75.7 Å².